The van der Waals surface area contributed by atoms with Crippen molar-refractivity contribution in [2.24, 2.45) is 11.7 Å². The van der Waals surface area contributed by atoms with Gasteiger partial charge in [-0.05, 0) is 30.4 Å². The van der Waals surface area contributed by atoms with Gasteiger partial charge in [-0.25, -0.2) is 0 Å². The molecule has 3 rings (SSSR count). The summed E-state index contributed by atoms with van der Waals surface area (Å²) in [6, 6.07) is 20.4. The largest absolute Gasteiger partial charge is 0.339 e. The summed E-state index contributed by atoms with van der Waals surface area (Å²) in [6.07, 6.45) is 3.09. The van der Waals surface area contributed by atoms with Crippen LogP contribution in [0.4, 0.5) is 0 Å². The lowest BCUT2D eigenvalue weighted by Crippen LogP contribution is -2.42. The van der Waals surface area contributed by atoms with Gasteiger partial charge in [-0.15, -0.1) is 0 Å². The van der Waals surface area contributed by atoms with Gasteiger partial charge in [0.15, 0.2) is 0 Å². The Balaban J connectivity index is 1.68. The molecule has 3 nitrogen and oxygen atoms in total. The lowest BCUT2D eigenvalue weighted by molar-refractivity contribution is -0.136. The molecule has 0 bridgehead atoms. The van der Waals surface area contributed by atoms with Crippen LogP contribution in [0.3, 0.4) is 0 Å². The summed E-state index contributed by atoms with van der Waals surface area (Å²) in [7, 11) is 0. The lowest BCUT2D eigenvalue weighted by atomic mass is 9.93. The fourth-order valence-corrected chi connectivity index (χ4v) is 3.60. The Labute approximate surface area is 144 Å². The molecule has 1 saturated heterocycles. The van der Waals surface area contributed by atoms with E-state index in [9.17, 15) is 4.79 Å². The van der Waals surface area contributed by atoms with Gasteiger partial charge in [0, 0.05) is 18.6 Å². The monoisotopic (exact) mass is 322 g/mol. The lowest BCUT2D eigenvalue weighted by Gasteiger charge is -2.30. The fraction of sp³-hybridized carbons (Fsp3) is 0.381. The highest BCUT2D eigenvalue weighted by Gasteiger charge is 2.33. The van der Waals surface area contributed by atoms with Crippen molar-refractivity contribution in [1.82, 2.24) is 4.90 Å². The van der Waals surface area contributed by atoms with Crippen molar-refractivity contribution in [2.75, 3.05) is 6.54 Å². The molecule has 0 aliphatic carbocycles. The SMILES string of the molecule is CC(C(=O)N1CCCC1Cc1ccccc1)C(N)c1ccccc1. The Morgan fingerprint density at radius 3 is 2.42 bits per heavy atom. The minimum absolute atomic E-state index is 0.185. The Bertz CT molecular complexity index is 656. The minimum Gasteiger partial charge on any atom is -0.339 e. The second kappa shape index (κ2) is 7.63. The molecule has 3 atom stereocenters. The Morgan fingerprint density at radius 2 is 1.75 bits per heavy atom. The van der Waals surface area contributed by atoms with Crippen LogP contribution >= 0.6 is 0 Å². The van der Waals surface area contributed by atoms with Gasteiger partial charge in [0.2, 0.25) is 5.91 Å². The summed E-state index contributed by atoms with van der Waals surface area (Å²) in [5, 5.41) is 0. The molecule has 3 unspecified atom stereocenters. The topological polar surface area (TPSA) is 46.3 Å². The van der Waals surface area contributed by atoms with Gasteiger partial charge >= 0.3 is 0 Å². The molecule has 1 fully saturated rings. The number of amides is 1. The van der Waals surface area contributed by atoms with Gasteiger partial charge in [0.25, 0.3) is 0 Å². The number of hydrogen-bond donors (Lipinski definition) is 1. The van der Waals surface area contributed by atoms with Crippen molar-refractivity contribution in [1.29, 1.82) is 0 Å². The van der Waals surface area contributed by atoms with E-state index in [2.05, 4.69) is 29.2 Å². The van der Waals surface area contributed by atoms with Crippen LogP contribution in [-0.2, 0) is 11.2 Å². The zero-order valence-corrected chi connectivity index (χ0v) is 14.3. The van der Waals surface area contributed by atoms with Crippen LogP contribution in [0.5, 0.6) is 0 Å². The summed E-state index contributed by atoms with van der Waals surface area (Å²) in [6.45, 7) is 2.81. The molecule has 0 aromatic heterocycles. The molecule has 3 heteroatoms. The highest BCUT2D eigenvalue weighted by Crippen LogP contribution is 2.27. The molecule has 1 aliphatic heterocycles. The van der Waals surface area contributed by atoms with Crippen LogP contribution in [-0.4, -0.2) is 23.4 Å². The number of rotatable bonds is 5. The van der Waals surface area contributed by atoms with Gasteiger partial charge in [0.05, 0.1) is 5.92 Å². The first-order valence-electron chi connectivity index (χ1n) is 8.81. The molecule has 0 radical (unpaired) electrons. The molecule has 2 aromatic rings. The zero-order valence-electron chi connectivity index (χ0n) is 14.3. The van der Waals surface area contributed by atoms with Gasteiger partial charge in [-0.3, -0.25) is 4.79 Å². The maximum atomic E-state index is 13.0. The average Bonchev–Trinajstić information content (AvgIpc) is 3.09. The van der Waals surface area contributed by atoms with E-state index in [0.717, 1.165) is 31.4 Å². The van der Waals surface area contributed by atoms with E-state index < -0.39 is 0 Å². The first-order valence-corrected chi connectivity index (χ1v) is 8.81. The predicted octanol–water partition coefficient (Wildman–Crippen LogP) is 3.56. The highest BCUT2D eigenvalue weighted by atomic mass is 16.2. The minimum atomic E-state index is -0.253. The van der Waals surface area contributed by atoms with E-state index in [4.69, 9.17) is 5.73 Å². The van der Waals surface area contributed by atoms with Gasteiger partial charge in [0.1, 0.15) is 0 Å². The maximum Gasteiger partial charge on any atom is 0.227 e. The number of benzene rings is 2. The van der Waals surface area contributed by atoms with Crippen molar-refractivity contribution in [3.8, 4) is 0 Å². The van der Waals surface area contributed by atoms with E-state index in [1.54, 1.807) is 0 Å². The summed E-state index contributed by atoms with van der Waals surface area (Å²) < 4.78 is 0. The summed E-state index contributed by atoms with van der Waals surface area (Å²) in [5.41, 5.74) is 8.68. The Morgan fingerprint density at radius 1 is 1.12 bits per heavy atom. The van der Waals surface area contributed by atoms with Crippen molar-refractivity contribution in [3.63, 3.8) is 0 Å². The number of hydrogen-bond acceptors (Lipinski definition) is 2. The van der Waals surface area contributed by atoms with E-state index in [0.29, 0.717) is 6.04 Å². The molecule has 1 heterocycles. The number of carbonyl (C=O) groups excluding carboxylic acids is 1. The first-order chi connectivity index (χ1) is 11.7. The standard InChI is InChI=1S/C21H26N2O/c1-16(20(22)18-11-6-3-7-12-18)21(24)23-14-8-13-19(23)15-17-9-4-2-5-10-17/h2-7,9-12,16,19-20H,8,13-15,22H2,1H3. The maximum absolute atomic E-state index is 13.0. The summed E-state index contributed by atoms with van der Waals surface area (Å²) in [4.78, 5) is 15.1. The van der Waals surface area contributed by atoms with E-state index in [1.165, 1.54) is 5.56 Å². The number of nitrogens with zero attached hydrogens (tertiary/aromatic N) is 1. The molecular weight excluding hydrogens is 296 g/mol. The number of carbonyl (C=O) groups is 1. The summed E-state index contributed by atoms with van der Waals surface area (Å²) >= 11 is 0. The van der Waals surface area contributed by atoms with Crippen LogP contribution in [0.15, 0.2) is 60.7 Å². The van der Waals surface area contributed by atoms with Gasteiger partial charge in [-0.1, -0.05) is 67.6 Å². The van der Waals surface area contributed by atoms with Crippen molar-refractivity contribution < 1.29 is 4.79 Å². The van der Waals surface area contributed by atoms with E-state index >= 15 is 0 Å². The molecule has 0 saturated carbocycles. The molecule has 0 spiro atoms. The molecule has 24 heavy (non-hydrogen) atoms. The van der Waals surface area contributed by atoms with Crippen LogP contribution in [0.2, 0.25) is 0 Å². The van der Waals surface area contributed by atoms with E-state index in [1.807, 2.05) is 43.3 Å². The van der Waals surface area contributed by atoms with Crippen LogP contribution < -0.4 is 5.73 Å². The molecule has 126 valence electrons. The zero-order chi connectivity index (χ0) is 16.9. The smallest absolute Gasteiger partial charge is 0.227 e. The molecule has 2 aromatic carbocycles. The molecule has 1 aliphatic rings. The Kier molecular flexibility index (Phi) is 5.31. The molecule has 2 N–H and O–H groups in total. The summed E-state index contributed by atoms with van der Waals surface area (Å²) in [5.74, 6) is -0.0199. The molecule has 1 amide bonds. The predicted molar refractivity (Wildman–Crippen MR) is 97.4 cm³/mol. The first kappa shape index (κ1) is 16.7. The second-order valence-electron chi connectivity index (χ2n) is 6.74. The van der Waals surface area contributed by atoms with Crippen LogP contribution in [0, 0.1) is 5.92 Å². The molecular formula is C21H26N2O. The Hall–Kier alpha value is -2.13. The second-order valence-corrected chi connectivity index (χ2v) is 6.74. The fourth-order valence-electron chi connectivity index (χ4n) is 3.60. The highest BCUT2D eigenvalue weighted by molar-refractivity contribution is 5.80. The van der Waals surface area contributed by atoms with Crippen LogP contribution in [0.25, 0.3) is 0 Å². The third-order valence-corrected chi connectivity index (χ3v) is 5.09. The van der Waals surface area contributed by atoms with Crippen molar-refractivity contribution in [2.45, 2.75) is 38.3 Å². The van der Waals surface area contributed by atoms with Gasteiger partial charge < -0.3 is 10.6 Å². The van der Waals surface area contributed by atoms with Crippen molar-refractivity contribution >= 4 is 5.91 Å². The normalized spacial score (nSPS) is 19.9. The number of nitrogens with two attached hydrogens (primary N) is 1. The quantitative estimate of drug-likeness (QED) is 0.915. The number of likely N-dealkylation sites (tertiary alicyclic amines) is 1. The third kappa shape index (κ3) is 3.68. The van der Waals surface area contributed by atoms with E-state index in [-0.39, 0.29) is 17.9 Å². The van der Waals surface area contributed by atoms with Crippen molar-refractivity contribution in [3.05, 3.63) is 71.8 Å². The van der Waals surface area contributed by atoms with Gasteiger partial charge in [-0.2, -0.15) is 0 Å². The van der Waals surface area contributed by atoms with Crippen LogP contribution in [0.1, 0.15) is 36.9 Å². The third-order valence-electron chi connectivity index (χ3n) is 5.09. The average molecular weight is 322 g/mol.